The highest BCUT2D eigenvalue weighted by atomic mass is 16.5. The molecule has 0 aliphatic heterocycles. The number of rotatable bonds is 6. The van der Waals surface area contributed by atoms with Gasteiger partial charge in [-0.15, -0.1) is 0 Å². The molecule has 144 valence electrons. The Kier molecular flexibility index (Phi) is 4.56. The van der Waals surface area contributed by atoms with Crippen LogP contribution in [0.2, 0.25) is 0 Å². The lowest BCUT2D eigenvalue weighted by molar-refractivity contribution is 0.0895. The van der Waals surface area contributed by atoms with E-state index >= 15 is 0 Å². The van der Waals surface area contributed by atoms with E-state index in [-0.39, 0.29) is 24.3 Å². The zero-order chi connectivity index (χ0) is 19.7. The minimum absolute atomic E-state index is 0.0357. The van der Waals surface area contributed by atoms with Crippen LogP contribution in [0.1, 0.15) is 34.8 Å². The monoisotopic (exact) mass is 382 g/mol. The van der Waals surface area contributed by atoms with Crippen LogP contribution in [0.5, 0.6) is 0 Å². The van der Waals surface area contributed by atoms with E-state index in [4.69, 9.17) is 13.4 Å². The van der Waals surface area contributed by atoms with Crippen molar-refractivity contribution >= 4 is 17.0 Å². The Labute approximate surface area is 158 Å². The van der Waals surface area contributed by atoms with Gasteiger partial charge in [0.15, 0.2) is 11.4 Å². The number of amides is 1. The summed E-state index contributed by atoms with van der Waals surface area (Å²) < 4.78 is 16.9. The number of oxazole rings is 1. The van der Waals surface area contributed by atoms with Gasteiger partial charge in [-0.1, -0.05) is 11.2 Å². The number of aryl methyl sites for hydroxylation is 1. The predicted octanol–water partition coefficient (Wildman–Crippen LogP) is 2.29. The zero-order valence-electron chi connectivity index (χ0n) is 15.3. The molecule has 1 N–H and O–H groups in total. The Bertz CT molecular complexity index is 1170. The van der Waals surface area contributed by atoms with Gasteiger partial charge in [0, 0.05) is 12.5 Å². The first-order valence-corrected chi connectivity index (χ1v) is 8.75. The molecule has 0 saturated heterocycles. The molecular weight excluding hydrogens is 364 g/mol. The fourth-order valence-corrected chi connectivity index (χ4v) is 2.94. The standard InChI is InChI=1S/C19H18N4O5/c1-11-5-6-15-14(8-11)23(19(25)27-15)10-16-21-18(28-22-16)17(24)20-12(2)9-13-4-3-7-26-13/h3-8,12H,9-10H2,1-2H3,(H,20,24). The van der Waals surface area contributed by atoms with Crippen LogP contribution in [0.15, 0.2) is 54.7 Å². The van der Waals surface area contributed by atoms with Gasteiger partial charge in [0.1, 0.15) is 5.76 Å². The maximum absolute atomic E-state index is 12.3. The summed E-state index contributed by atoms with van der Waals surface area (Å²) in [6.07, 6.45) is 2.12. The van der Waals surface area contributed by atoms with Crippen molar-refractivity contribution in [1.29, 1.82) is 0 Å². The number of hydrogen-bond acceptors (Lipinski definition) is 7. The zero-order valence-corrected chi connectivity index (χ0v) is 15.3. The summed E-state index contributed by atoms with van der Waals surface area (Å²) in [6, 6.07) is 8.87. The molecule has 1 aromatic carbocycles. The second kappa shape index (κ2) is 7.18. The number of carbonyl (C=O) groups is 1. The lowest BCUT2D eigenvalue weighted by atomic mass is 10.2. The van der Waals surface area contributed by atoms with Crippen molar-refractivity contribution in [3.63, 3.8) is 0 Å². The number of aromatic nitrogens is 3. The number of fused-ring (bicyclic) bond motifs is 1. The second-order valence-electron chi connectivity index (χ2n) is 6.60. The molecule has 4 rings (SSSR count). The molecule has 0 aliphatic rings. The highest BCUT2D eigenvalue weighted by Gasteiger charge is 2.19. The van der Waals surface area contributed by atoms with E-state index in [1.54, 1.807) is 18.4 Å². The van der Waals surface area contributed by atoms with E-state index < -0.39 is 11.7 Å². The smallest absolute Gasteiger partial charge is 0.420 e. The topological polar surface area (TPSA) is 116 Å². The maximum Gasteiger partial charge on any atom is 0.420 e. The molecule has 1 amide bonds. The van der Waals surface area contributed by atoms with Crippen LogP contribution in [0, 0.1) is 6.92 Å². The molecule has 9 heteroatoms. The van der Waals surface area contributed by atoms with Gasteiger partial charge in [-0.3, -0.25) is 9.36 Å². The molecule has 4 aromatic rings. The molecule has 0 radical (unpaired) electrons. The van der Waals surface area contributed by atoms with Crippen LogP contribution in [-0.2, 0) is 13.0 Å². The van der Waals surface area contributed by atoms with Gasteiger partial charge in [-0.2, -0.15) is 4.98 Å². The van der Waals surface area contributed by atoms with E-state index in [1.165, 1.54) is 4.57 Å². The Morgan fingerprint density at radius 1 is 1.32 bits per heavy atom. The molecule has 3 aromatic heterocycles. The molecule has 3 heterocycles. The molecule has 0 saturated carbocycles. The van der Waals surface area contributed by atoms with Crippen LogP contribution >= 0.6 is 0 Å². The second-order valence-corrected chi connectivity index (χ2v) is 6.60. The van der Waals surface area contributed by atoms with E-state index in [1.807, 2.05) is 32.0 Å². The molecular formula is C19H18N4O5. The van der Waals surface area contributed by atoms with Crippen LogP contribution in [0.3, 0.4) is 0 Å². The average Bonchev–Trinajstić information content (AvgIpc) is 3.37. The third kappa shape index (κ3) is 3.59. The Morgan fingerprint density at radius 3 is 2.96 bits per heavy atom. The molecule has 1 atom stereocenters. The number of furan rings is 1. The molecule has 0 bridgehead atoms. The van der Waals surface area contributed by atoms with Crippen molar-refractivity contribution in [1.82, 2.24) is 20.0 Å². The third-order valence-corrected chi connectivity index (χ3v) is 4.25. The van der Waals surface area contributed by atoms with E-state index in [2.05, 4.69) is 15.5 Å². The molecule has 0 spiro atoms. The lowest BCUT2D eigenvalue weighted by Gasteiger charge is -2.10. The summed E-state index contributed by atoms with van der Waals surface area (Å²) in [5, 5.41) is 6.57. The molecule has 1 unspecified atom stereocenters. The lowest BCUT2D eigenvalue weighted by Crippen LogP contribution is -2.34. The summed E-state index contributed by atoms with van der Waals surface area (Å²) in [5.41, 5.74) is 2.09. The summed E-state index contributed by atoms with van der Waals surface area (Å²) in [5.74, 6) is -0.212. The SMILES string of the molecule is Cc1ccc2oc(=O)n(Cc3noc(C(=O)NC(C)Cc4ccco4)n3)c2c1. The minimum Gasteiger partial charge on any atom is -0.469 e. The van der Waals surface area contributed by atoms with E-state index in [0.717, 1.165) is 11.3 Å². The van der Waals surface area contributed by atoms with Crippen molar-refractivity contribution in [3.8, 4) is 0 Å². The van der Waals surface area contributed by atoms with Crippen LogP contribution in [0.4, 0.5) is 0 Å². The average molecular weight is 382 g/mol. The van der Waals surface area contributed by atoms with Crippen LogP contribution in [-0.4, -0.2) is 26.7 Å². The number of nitrogens with zero attached hydrogens (tertiary/aromatic N) is 3. The number of carbonyl (C=O) groups excluding carboxylic acids is 1. The van der Waals surface area contributed by atoms with Crippen LogP contribution in [0.25, 0.3) is 11.1 Å². The summed E-state index contributed by atoms with van der Waals surface area (Å²) in [6.45, 7) is 3.80. The summed E-state index contributed by atoms with van der Waals surface area (Å²) >= 11 is 0. The summed E-state index contributed by atoms with van der Waals surface area (Å²) in [7, 11) is 0. The fourth-order valence-electron chi connectivity index (χ4n) is 2.94. The van der Waals surface area contributed by atoms with Gasteiger partial charge in [-0.05, 0) is 43.7 Å². The molecule has 0 aliphatic carbocycles. The van der Waals surface area contributed by atoms with Crippen molar-refractivity contribution in [2.75, 3.05) is 0 Å². The first kappa shape index (κ1) is 17.8. The Balaban J connectivity index is 1.47. The predicted molar refractivity (Wildman–Crippen MR) is 98.0 cm³/mol. The van der Waals surface area contributed by atoms with Gasteiger partial charge in [0.2, 0.25) is 0 Å². The van der Waals surface area contributed by atoms with Gasteiger partial charge in [-0.25, -0.2) is 4.79 Å². The maximum atomic E-state index is 12.3. The van der Waals surface area contributed by atoms with Crippen molar-refractivity contribution < 1.29 is 18.2 Å². The van der Waals surface area contributed by atoms with Gasteiger partial charge >= 0.3 is 17.6 Å². The largest absolute Gasteiger partial charge is 0.469 e. The van der Waals surface area contributed by atoms with E-state index in [9.17, 15) is 9.59 Å². The highest BCUT2D eigenvalue weighted by Crippen LogP contribution is 2.15. The van der Waals surface area contributed by atoms with Crippen molar-refractivity contribution in [3.05, 3.63) is 70.2 Å². The Morgan fingerprint density at radius 2 is 2.18 bits per heavy atom. The molecule has 9 nitrogen and oxygen atoms in total. The first-order chi connectivity index (χ1) is 13.5. The number of nitrogens with one attached hydrogen (secondary N) is 1. The van der Waals surface area contributed by atoms with E-state index in [0.29, 0.717) is 17.5 Å². The third-order valence-electron chi connectivity index (χ3n) is 4.25. The van der Waals surface area contributed by atoms with Gasteiger partial charge in [0.25, 0.3) is 0 Å². The van der Waals surface area contributed by atoms with Crippen molar-refractivity contribution in [2.45, 2.75) is 32.9 Å². The highest BCUT2D eigenvalue weighted by molar-refractivity contribution is 5.89. The molecule has 28 heavy (non-hydrogen) atoms. The van der Waals surface area contributed by atoms with Crippen LogP contribution < -0.4 is 11.1 Å². The number of benzene rings is 1. The normalized spacial score (nSPS) is 12.4. The fraction of sp³-hybridized carbons (Fsp3) is 0.263. The first-order valence-electron chi connectivity index (χ1n) is 8.75. The Hall–Kier alpha value is -3.62. The quantitative estimate of drug-likeness (QED) is 0.544. The van der Waals surface area contributed by atoms with Gasteiger partial charge in [0.05, 0.1) is 18.3 Å². The number of hydrogen-bond donors (Lipinski definition) is 1. The summed E-state index contributed by atoms with van der Waals surface area (Å²) in [4.78, 5) is 28.5. The molecule has 0 fully saturated rings. The minimum atomic E-state index is -0.525. The van der Waals surface area contributed by atoms with Gasteiger partial charge < -0.3 is 18.7 Å². The van der Waals surface area contributed by atoms with Crippen molar-refractivity contribution in [2.24, 2.45) is 0 Å².